The normalized spacial score (nSPS) is 16.5. The second kappa shape index (κ2) is 6.80. The molecule has 4 nitrogen and oxygen atoms in total. The number of hydrogen-bond acceptors (Lipinski definition) is 3. The van der Waals surface area contributed by atoms with Crippen LogP contribution >= 0.6 is 0 Å². The highest BCUT2D eigenvalue weighted by atomic mass is 19.4. The monoisotopic (exact) mass is 302 g/mol. The lowest BCUT2D eigenvalue weighted by Gasteiger charge is -2.23. The number of carbonyl (C=O) groups excluding carboxylic acids is 1. The Kier molecular flexibility index (Phi) is 5.06. The van der Waals surface area contributed by atoms with Gasteiger partial charge in [0.2, 0.25) is 5.91 Å². The molecule has 116 valence electrons. The first kappa shape index (κ1) is 15.6. The van der Waals surface area contributed by atoms with Crippen LogP contribution in [-0.2, 0) is 15.7 Å². The smallest absolute Gasteiger partial charge is 0.381 e. The van der Waals surface area contributed by atoms with E-state index < -0.39 is 11.7 Å². The summed E-state index contributed by atoms with van der Waals surface area (Å²) in [6.07, 6.45) is -2.87. The molecule has 0 aliphatic carbocycles. The minimum absolute atomic E-state index is 0.0569. The third-order valence-corrected chi connectivity index (χ3v) is 3.23. The Hall–Kier alpha value is -1.76. The molecule has 0 bridgehead atoms. The molecule has 1 aromatic rings. The summed E-state index contributed by atoms with van der Waals surface area (Å²) in [6, 6.07) is 4.86. The van der Waals surface area contributed by atoms with E-state index in [-0.39, 0.29) is 24.2 Å². The molecule has 2 N–H and O–H groups in total. The largest absolute Gasteiger partial charge is 0.416 e. The van der Waals surface area contributed by atoms with Crippen LogP contribution in [0.5, 0.6) is 0 Å². The van der Waals surface area contributed by atoms with E-state index in [2.05, 4.69) is 10.6 Å². The van der Waals surface area contributed by atoms with Gasteiger partial charge in [-0.3, -0.25) is 4.79 Å². The fraction of sp³-hybridized carbons (Fsp3) is 0.500. The van der Waals surface area contributed by atoms with Crippen molar-refractivity contribution in [1.82, 2.24) is 5.32 Å². The summed E-state index contributed by atoms with van der Waals surface area (Å²) in [6.45, 7) is 1.18. The zero-order valence-electron chi connectivity index (χ0n) is 11.4. The molecule has 7 heteroatoms. The van der Waals surface area contributed by atoms with E-state index >= 15 is 0 Å². The molecule has 0 saturated carbocycles. The van der Waals surface area contributed by atoms with Gasteiger partial charge >= 0.3 is 6.18 Å². The molecule has 2 rings (SSSR count). The summed E-state index contributed by atoms with van der Waals surface area (Å²) in [7, 11) is 0. The predicted octanol–water partition coefficient (Wildman–Crippen LogP) is 2.41. The van der Waals surface area contributed by atoms with Crippen LogP contribution in [0.25, 0.3) is 0 Å². The minimum Gasteiger partial charge on any atom is -0.381 e. The Morgan fingerprint density at radius 2 is 2.00 bits per heavy atom. The van der Waals surface area contributed by atoms with Gasteiger partial charge in [-0.25, -0.2) is 0 Å². The van der Waals surface area contributed by atoms with E-state index in [0.717, 1.165) is 25.0 Å². The Morgan fingerprint density at radius 1 is 1.29 bits per heavy atom. The van der Waals surface area contributed by atoms with Gasteiger partial charge in [0.05, 0.1) is 12.1 Å². The van der Waals surface area contributed by atoms with Crippen LogP contribution in [0.4, 0.5) is 18.9 Å². The highest BCUT2D eigenvalue weighted by molar-refractivity contribution is 5.81. The van der Waals surface area contributed by atoms with E-state index in [9.17, 15) is 18.0 Å². The molecular formula is C14H17F3N2O2. The van der Waals surface area contributed by atoms with Crippen molar-refractivity contribution < 1.29 is 22.7 Å². The van der Waals surface area contributed by atoms with E-state index in [0.29, 0.717) is 13.2 Å². The molecule has 0 aromatic heterocycles. The lowest BCUT2D eigenvalue weighted by atomic mass is 10.1. The molecule has 1 amide bonds. The topological polar surface area (TPSA) is 50.4 Å². The third kappa shape index (κ3) is 4.93. The summed E-state index contributed by atoms with van der Waals surface area (Å²) in [4.78, 5) is 11.7. The number of rotatable bonds is 4. The second-order valence-corrected chi connectivity index (χ2v) is 4.89. The van der Waals surface area contributed by atoms with Crippen LogP contribution in [0.1, 0.15) is 18.4 Å². The number of ether oxygens (including phenoxy) is 1. The summed E-state index contributed by atoms with van der Waals surface area (Å²) in [5, 5.41) is 5.53. The number of nitrogens with one attached hydrogen (secondary N) is 2. The number of alkyl halides is 3. The molecular weight excluding hydrogens is 285 g/mol. The van der Waals surface area contributed by atoms with Gasteiger partial charge in [0.25, 0.3) is 0 Å². The van der Waals surface area contributed by atoms with Crippen LogP contribution in [-0.4, -0.2) is 31.7 Å². The average Bonchev–Trinajstić information content (AvgIpc) is 2.46. The molecule has 1 aliphatic heterocycles. The number of anilines is 1. The zero-order chi connectivity index (χ0) is 15.3. The van der Waals surface area contributed by atoms with Gasteiger partial charge in [-0.05, 0) is 31.0 Å². The molecule has 21 heavy (non-hydrogen) atoms. The fourth-order valence-corrected chi connectivity index (χ4v) is 2.11. The van der Waals surface area contributed by atoms with E-state index in [1.807, 2.05) is 0 Å². The maximum Gasteiger partial charge on any atom is 0.416 e. The lowest BCUT2D eigenvalue weighted by Crippen LogP contribution is -2.41. The molecule has 1 aliphatic rings. The zero-order valence-corrected chi connectivity index (χ0v) is 11.4. The van der Waals surface area contributed by atoms with Gasteiger partial charge in [0.1, 0.15) is 0 Å². The molecule has 0 unspecified atom stereocenters. The van der Waals surface area contributed by atoms with Crippen LogP contribution in [0, 0.1) is 0 Å². The van der Waals surface area contributed by atoms with Crippen LogP contribution < -0.4 is 10.6 Å². The average molecular weight is 302 g/mol. The Morgan fingerprint density at radius 3 is 2.67 bits per heavy atom. The molecule has 0 radical (unpaired) electrons. The Bertz CT molecular complexity index is 485. The first-order valence-electron chi connectivity index (χ1n) is 6.73. The van der Waals surface area contributed by atoms with Gasteiger partial charge in [-0.2, -0.15) is 13.2 Å². The first-order valence-corrected chi connectivity index (χ1v) is 6.73. The lowest BCUT2D eigenvalue weighted by molar-refractivity contribution is -0.137. The quantitative estimate of drug-likeness (QED) is 0.898. The van der Waals surface area contributed by atoms with Crippen LogP contribution in [0.15, 0.2) is 24.3 Å². The number of benzene rings is 1. The third-order valence-electron chi connectivity index (χ3n) is 3.23. The highest BCUT2D eigenvalue weighted by Gasteiger charge is 2.30. The molecule has 0 spiro atoms. The summed E-state index contributed by atoms with van der Waals surface area (Å²) in [5.41, 5.74) is -0.468. The number of amides is 1. The van der Waals surface area contributed by atoms with Crippen LogP contribution in [0.2, 0.25) is 0 Å². The van der Waals surface area contributed by atoms with Crippen molar-refractivity contribution in [2.45, 2.75) is 25.1 Å². The molecule has 1 heterocycles. The standard InChI is InChI=1S/C14H17F3N2O2/c15-14(16,17)10-2-1-3-12(8-10)18-9-13(20)19-11-4-6-21-7-5-11/h1-3,8,11,18H,4-7,9H2,(H,19,20). The number of carbonyl (C=O) groups is 1. The molecule has 1 saturated heterocycles. The first-order chi connectivity index (χ1) is 9.95. The van der Waals surface area contributed by atoms with Crippen molar-refractivity contribution in [3.05, 3.63) is 29.8 Å². The van der Waals surface area contributed by atoms with Crippen molar-refractivity contribution in [3.8, 4) is 0 Å². The SMILES string of the molecule is O=C(CNc1cccc(C(F)(F)F)c1)NC1CCOCC1. The molecule has 1 fully saturated rings. The van der Waals surface area contributed by atoms with Gasteiger partial charge in [0.15, 0.2) is 0 Å². The van der Waals surface area contributed by atoms with Crippen molar-refractivity contribution >= 4 is 11.6 Å². The molecule has 1 aromatic carbocycles. The fourth-order valence-electron chi connectivity index (χ4n) is 2.11. The van der Waals surface area contributed by atoms with E-state index in [4.69, 9.17) is 4.74 Å². The predicted molar refractivity (Wildman–Crippen MR) is 71.9 cm³/mol. The molecule has 0 atom stereocenters. The van der Waals surface area contributed by atoms with Crippen molar-refractivity contribution in [2.24, 2.45) is 0 Å². The summed E-state index contributed by atoms with van der Waals surface area (Å²) >= 11 is 0. The number of halogens is 3. The minimum atomic E-state index is -4.39. The van der Waals surface area contributed by atoms with Crippen molar-refractivity contribution in [2.75, 3.05) is 25.1 Å². The summed E-state index contributed by atoms with van der Waals surface area (Å²) in [5.74, 6) is -0.237. The highest BCUT2D eigenvalue weighted by Crippen LogP contribution is 2.30. The maximum absolute atomic E-state index is 12.6. The van der Waals surface area contributed by atoms with Crippen molar-refractivity contribution in [3.63, 3.8) is 0 Å². The van der Waals surface area contributed by atoms with E-state index in [1.54, 1.807) is 0 Å². The van der Waals surface area contributed by atoms with Crippen molar-refractivity contribution in [1.29, 1.82) is 0 Å². The van der Waals surface area contributed by atoms with E-state index in [1.165, 1.54) is 12.1 Å². The number of hydrogen-bond donors (Lipinski definition) is 2. The Labute approximate surface area is 120 Å². The van der Waals surface area contributed by atoms with Gasteiger partial charge in [0, 0.05) is 24.9 Å². The van der Waals surface area contributed by atoms with Gasteiger partial charge in [-0.1, -0.05) is 6.07 Å². The van der Waals surface area contributed by atoms with Gasteiger partial charge < -0.3 is 15.4 Å². The maximum atomic E-state index is 12.6. The summed E-state index contributed by atoms with van der Waals surface area (Å²) < 4.78 is 42.9. The van der Waals surface area contributed by atoms with Crippen LogP contribution in [0.3, 0.4) is 0 Å². The Balaban J connectivity index is 1.83. The van der Waals surface area contributed by atoms with Gasteiger partial charge in [-0.15, -0.1) is 0 Å². The second-order valence-electron chi connectivity index (χ2n) is 4.89.